The van der Waals surface area contributed by atoms with Crippen LogP contribution in [0.25, 0.3) is 0 Å². The van der Waals surface area contributed by atoms with Gasteiger partial charge in [-0.15, -0.1) is 12.4 Å². The minimum Gasteiger partial charge on any atom is -0.486 e. The average Bonchev–Trinajstić information content (AvgIpc) is 2.37. The summed E-state index contributed by atoms with van der Waals surface area (Å²) in [6.07, 6.45) is 0. The Bertz CT molecular complexity index is 563. The molecule has 0 saturated heterocycles. The van der Waals surface area contributed by atoms with Gasteiger partial charge in [-0.25, -0.2) is 4.39 Å². The van der Waals surface area contributed by atoms with Gasteiger partial charge in [0.15, 0.2) is 5.75 Å². The molecule has 2 rings (SSSR count). The van der Waals surface area contributed by atoms with Gasteiger partial charge in [-0.05, 0) is 28.4 Å². The highest BCUT2D eigenvalue weighted by molar-refractivity contribution is 9.10. The van der Waals surface area contributed by atoms with E-state index in [1.807, 2.05) is 30.3 Å². The fourth-order valence-corrected chi connectivity index (χ4v) is 2.12. The van der Waals surface area contributed by atoms with Gasteiger partial charge in [-0.2, -0.15) is 0 Å². The first-order valence-corrected chi connectivity index (χ1v) is 6.29. The van der Waals surface area contributed by atoms with Gasteiger partial charge in [0.1, 0.15) is 12.4 Å². The molecule has 0 atom stereocenters. The van der Waals surface area contributed by atoms with Gasteiger partial charge in [-0.3, -0.25) is 0 Å². The molecule has 5 heteroatoms. The molecular weight excluding hydrogens is 333 g/mol. The van der Waals surface area contributed by atoms with E-state index in [1.165, 1.54) is 6.07 Å². The molecule has 0 aromatic heterocycles. The predicted molar refractivity (Wildman–Crippen MR) is 81.3 cm³/mol. The minimum atomic E-state index is -0.341. The van der Waals surface area contributed by atoms with E-state index in [4.69, 9.17) is 10.5 Å². The number of benzene rings is 2. The third-order valence-electron chi connectivity index (χ3n) is 2.66. The summed E-state index contributed by atoms with van der Waals surface area (Å²) in [4.78, 5) is 0. The van der Waals surface area contributed by atoms with Crippen LogP contribution < -0.4 is 10.5 Å². The Labute approximate surface area is 126 Å². The van der Waals surface area contributed by atoms with Crippen LogP contribution in [-0.4, -0.2) is 0 Å². The lowest BCUT2D eigenvalue weighted by Gasteiger charge is -2.13. The Hall–Kier alpha value is -1.26. The van der Waals surface area contributed by atoms with Crippen molar-refractivity contribution in [1.29, 1.82) is 0 Å². The summed E-state index contributed by atoms with van der Waals surface area (Å²) in [6.45, 7) is 2.07. The molecule has 0 aliphatic carbocycles. The fraction of sp³-hybridized carbons (Fsp3) is 0.143. The maximum Gasteiger partial charge on any atom is 0.157 e. The molecule has 0 aliphatic rings. The number of ether oxygens (including phenoxy) is 1. The van der Waals surface area contributed by atoms with Gasteiger partial charge in [0.05, 0.1) is 10.2 Å². The lowest BCUT2D eigenvalue weighted by Crippen LogP contribution is -2.01. The largest absolute Gasteiger partial charge is 0.486 e. The van der Waals surface area contributed by atoms with Crippen molar-refractivity contribution in [2.75, 3.05) is 5.73 Å². The topological polar surface area (TPSA) is 35.2 Å². The quantitative estimate of drug-likeness (QED) is 0.832. The third-order valence-corrected chi connectivity index (χ3v) is 3.61. The second-order valence-electron chi connectivity index (χ2n) is 3.99. The number of anilines is 1. The number of nitrogens with two attached hydrogens (primary N) is 1. The molecule has 2 nitrogen and oxygen atoms in total. The number of hydrogen-bond donors (Lipinski definition) is 1. The van der Waals surface area contributed by atoms with E-state index in [-0.39, 0.29) is 18.2 Å². The Balaban J connectivity index is 0.00000180. The van der Waals surface area contributed by atoms with Crippen LogP contribution in [0.4, 0.5) is 10.1 Å². The minimum absolute atomic E-state index is 0. The van der Waals surface area contributed by atoms with Crippen molar-refractivity contribution in [1.82, 2.24) is 0 Å². The van der Waals surface area contributed by atoms with Crippen molar-refractivity contribution < 1.29 is 9.13 Å². The second kappa shape index (κ2) is 6.78. The first-order chi connectivity index (χ1) is 8.59. The smallest absolute Gasteiger partial charge is 0.157 e. The molecule has 2 N–H and O–H groups in total. The van der Waals surface area contributed by atoms with Crippen LogP contribution in [0.5, 0.6) is 5.75 Å². The summed E-state index contributed by atoms with van der Waals surface area (Å²) in [5.41, 5.74) is 7.58. The molecule has 0 bridgehead atoms. The standard InChI is InChI=1S/C14H13BrFNO.ClH/c1-9-11(16)7-12(17)14(13(9)15)18-8-10-5-3-2-4-6-10;/h2-7H,8,17H2,1H3;1H. The van der Waals surface area contributed by atoms with Crippen molar-refractivity contribution in [3.8, 4) is 5.75 Å². The Morgan fingerprint density at radius 2 is 1.89 bits per heavy atom. The van der Waals surface area contributed by atoms with E-state index < -0.39 is 0 Å². The van der Waals surface area contributed by atoms with E-state index in [0.717, 1.165) is 5.56 Å². The summed E-state index contributed by atoms with van der Waals surface area (Å²) < 4.78 is 19.6. The highest BCUT2D eigenvalue weighted by Crippen LogP contribution is 2.36. The summed E-state index contributed by atoms with van der Waals surface area (Å²) in [5.74, 6) is 0.143. The third kappa shape index (κ3) is 3.61. The molecule has 0 saturated carbocycles. The number of rotatable bonds is 3. The highest BCUT2D eigenvalue weighted by atomic mass is 79.9. The van der Waals surface area contributed by atoms with Crippen molar-refractivity contribution in [3.63, 3.8) is 0 Å². The lowest BCUT2D eigenvalue weighted by atomic mass is 10.2. The maximum absolute atomic E-state index is 13.4. The maximum atomic E-state index is 13.4. The SMILES string of the molecule is Cc1c(F)cc(N)c(OCc2ccccc2)c1Br.Cl. The zero-order chi connectivity index (χ0) is 13.1. The number of hydrogen-bond acceptors (Lipinski definition) is 2. The van der Waals surface area contributed by atoms with Gasteiger partial charge in [0, 0.05) is 11.6 Å². The molecule has 19 heavy (non-hydrogen) atoms. The van der Waals surface area contributed by atoms with Gasteiger partial charge < -0.3 is 10.5 Å². The van der Waals surface area contributed by atoms with Gasteiger partial charge in [0.2, 0.25) is 0 Å². The molecule has 0 fully saturated rings. The van der Waals surface area contributed by atoms with Gasteiger partial charge in [-0.1, -0.05) is 30.3 Å². The molecule has 0 radical (unpaired) electrons. The molecule has 0 aliphatic heterocycles. The van der Waals surface area contributed by atoms with E-state index in [1.54, 1.807) is 6.92 Å². The normalized spacial score (nSPS) is 9.84. The van der Waals surface area contributed by atoms with E-state index in [0.29, 0.717) is 28.1 Å². The highest BCUT2D eigenvalue weighted by Gasteiger charge is 2.13. The summed E-state index contributed by atoms with van der Waals surface area (Å²) in [6, 6.07) is 11.0. The zero-order valence-corrected chi connectivity index (χ0v) is 12.7. The van der Waals surface area contributed by atoms with Crippen LogP contribution in [0.3, 0.4) is 0 Å². The Morgan fingerprint density at radius 3 is 2.53 bits per heavy atom. The number of halogens is 3. The molecule has 102 valence electrons. The first-order valence-electron chi connectivity index (χ1n) is 5.50. The van der Waals surface area contributed by atoms with Gasteiger partial charge >= 0.3 is 0 Å². The van der Waals surface area contributed by atoms with Crippen LogP contribution in [0.2, 0.25) is 0 Å². The van der Waals surface area contributed by atoms with Crippen LogP contribution in [0.1, 0.15) is 11.1 Å². The van der Waals surface area contributed by atoms with Crippen LogP contribution >= 0.6 is 28.3 Å². The zero-order valence-electron chi connectivity index (χ0n) is 10.3. The lowest BCUT2D eigenvalue weighted by molar-refractivity contribution is 0.305. The summed E-state index contributed by atoms with van der Waals surface area (Å²) >= 11 is 3.31. The molecule has 2 aromatic rings. The van der Waals surface area contributed by atoms with Crippen molar-refractivity contribution in [2.24, 2.45) is 0 Å². The molecular formula is C14H14BrClFNO. The van der Waals surface area contributed by atoms with Crippen molar-refractivity contribution >= 4 is 34.0 Å². The summed E-state index contributed by atoms with van der Waals surface area (Å²) in [5, 5.41) is 0. The molecule has 0 unspecified atom stereocenters. The fourth-order valence-electron chi connectivity index (χ4n) is 1.59. The second-order valence-corrected chi connectivity index (χ2v) is 4.78. The molecule has 0 spiro atoms. The average molecular weight is 347 g/mol. The number of nitrogen functional groups attached to an aromatic ring is 1. The van der Waals surface area contributed by atoms with Crippen LogP contribution in [-0.2, 0) is 6.61 Å². The molecule has 2 aromatic carbocycles. The summed E-state index contributed by atoms with van der Waals surface area (Å²) in [7, 11) is 0. The molecule has 0 heterocycles. The van der Waals surface area contributed by atoms with Crippen molar-refractivity contribution in [2.45, 2.75) is 13.5 Å². The van der Waals surface area contributed by atoms with E-state index in [2.05, 4.69) is 15.9 Å². The van der Waals surface area contributed by atoms with Crippen molar-refractivity contribution in [3.05, 3.63) is 57.8 Å². The van der Waals surface area contributed by atoms with E-state index in [9.17, 15) is 4.39 Å². The first kappa shape index (κ1) is 15.8. The van der Waals surface area contributed by atoms with Crippen LogP contribution in [0.15, 0.2) is 40.9 Å². The Morgan fingerprint density at radius 1 is 1.26 bits per heavy atom. The predicted octanol–water partition coefficient (Wildman–Crippen LogP) is 4.48. The van der Waals surface area contributed by atoms with E-state index >= 15 is 0 Å². The van der Waals surface area contributed by atoms with Crippen LogP contribution in [0, 0.1) is 12.7 Å². The molecule has 0 amide bonds. The monoisotopic (exact) mass is 345 g/mol. The van der Waals surface area contributed by atoms with Gasteiger partial charge in [0.25, 0.3) is 0 Å². The Kier molecular flexibility index (Phi) is 5.63.